The summed E-state index contributed by atoms with van der Waals surface area (Å²) in [7, 11) is -4.82. The van der Waals surface area contributed by atoms with Crippen LogP contribution in [0.1, 0.15) is 5.56 Å². The Labute approximate surface area is 374 Å². The van der Waals surface area contributed by atoms with E-state index in [1.807, 2.05) is 115 Å². The van der Waals surface area contributed by atoms with Crippen LogP contribution in [0.4, 0.5) is 5.69 Å². The molecule has 312 valence electrons. The van der Waals surface area contributed by atoms with Gasteiger partial charge in [-0.05, 0) is 103 Å². The van der Waals surface area contributed by atoms with Crippen LogP contribution in [0.25, 0.3) is 61.8 Å². The smallest absolute Gasteiger partial charge is 0.298 e. The number of rotatable bonds is 9. The predicted molar refractivity (Wildman–Crippen MR) is 265 cm³/mol. The van der Waals surface area contributed by atoms with E-state index in [-0.39, 0.29) is 0 Å². The molecule has 3 heterocycles. The van der Waals surface area contributed by atoms with Crippen molar-refractivity contribution in [3.05, 3.63) is 167 Å². The van der Waals surface area contributed by atoms with Crippen molar-refractivity contribution in [3.63, 3.8) is 0 Å². The Morgan fingerprint density at radius 1 is 0.578 bits per heavy atom. The minimum Gasteiger partial charge on any atom is -0.436 e. The van der Waals surface area contributed by atoms with E-state index < -0.39 is 26.3 Å². The summed E-state index contributed by atoms with van der Waals surface area (Å²) < 4.78 is 33.1. The summed E-state index contributed by atoms with van der Waals surface area (Å²) >= 11 is 0. The SMILES string of the molecule is C[Si](C)/N=C1/C=CC=C(N(C2=CC=C(c3ccc(-c4nc5ccccc5o4)cc3)C(=N)/C2=N\[Si](C)C)c2ccc(-c3ccc(-c4nc5ccccc5o4)cc3)c3c2=N[Si](C)(C)N=3)C1=N. The molecule has 0 amide bonds. The molecule has 0 fully saturated rings. The molecule has 10 rings (SSSR count). The maximum absolute atomic E-state index is 9.85. The Kier molecular flexibility index (Phi) is 10.3. The number of anilines is 1. The summed E-state index contributed by atoms with van der Waals surface area (Å²) in [5.74, 6) is 1.11. The van der Waals surface area contributed by atoms with Crippen LogP contribution in [0.3, 0.4) is 0 Å². The van der Waals surface area contributed by atoms with Crippen molar-refractivity contribution in [2.24, 2.45) is 18.6 Å². The minimum atomic E-state index is -2.49. The van der Waals surface area contributed by atoms with Gasteiger partial charge in [0.2, 0.25) is 11.8 Å². The monoisotopic (exact) mass is 885 g/mol. The van der Waals surface area contributed by atoms with E-state index in [2.05, 4.69) is 73.4 Å². The van der Waals surface area contributed by atoms with Crippen molar-refractivity contribution in [2.75, 3.05) is 4.90 Å². The quantitative estimate of drug-likeness (QED) is 0.109. The molecule has 0 atom stereocenters. The number of oxazole rings is 2. The fourth-order valence-electron chi connectivity index (χ4n) is 8.13. The molecule has 2 radical (unpaired) electrons. The lowest BCUT2D eigenvalue weighted by Crippen LogP contribution is -2.42. The number of fused-ring (bicyclic) bond motifs is 3. The number of hydrogen-bond acceptors (Lipinski definition) is 11. The van der Waals surface area contributed by atoms with E-state index in [1.165, 1.54) is 0 Å². The van der Waals surface area contributed by atoms with Gasteiger partial charge in [0.05, 0.1) is 44.9 Å². The molecule has 0 unspecified atom stereocenters. The Balaban J connectivity index is 1.10. The van der Waals surface area contributed by atoms with Crippen molar-refractivity contribution >= 4 is 82.6 Å². The lowest BCUT2D eigenvalue weighted by atomic mass is 9.90. The van der Waals surface area contributed by atoms with Crippen LogP contribution >= 0.6 is 0 Å². The highest BCUT2D eigenvalue weighted by atomic mass is 28.3. The predicted octanol–water partition coefficient (Wildman–Crippen LogP) is 10.6. The molecule has 0 spiro atoms. The molecule has 2 N–H and O–H groups in total. The first-order chi connectivity index (χ1) is 30.9. The number of para-hydroxylation sites is 4. The van der Waals surface area contributed by atoms with Crippen molar-refractivity contribution in [2.45, 2.75) is 39.3 Å². The van der Waals surface area contributed by atoms with Gasteiger partial charge in [0.15, 0.2) is 29.1 Å². The van der Waals surface area contributed by atoms with Crippen molar-refractivity contribution < 1.29 is 8.83 Å². The lowest BCUT2D eigenvalue weighted by Gasteiger charge is -2.34. The van der Waals surface area contributed by atoms with Gasteiger partial charge >= 0.3 is 0 Å². The fraction of sp³-hybridized carbons (Fsp3) is 0.120. The number of nitrogens with one attached hydrogen (secondary N) is 2. The zero-order chi connectivity index (χ0) is 44.3. The Morgan fingerprint density at radius 2 is 1.14 bits per heavy atom. The van der Waals surface area contributed by atoms with Gasteiger partial charge in [0.1, 0.15) is 16.7 Å². The van der Waals surface area contributed by atoms with Crippen LogP contribution in [-0.4, -0.2) is 59.1 Å². The molecule has 3 aliphatic rings. The average molecular weight is 886 g/mol. The molecule has 0 bridgehead atoms. The molecule has 7 aromatic rings. The van der Waals surface area contributed by atoms with Gasteiger partial charge in [-0.15, -0.1) is 0 Å². The zero-order valence-electron chi connectivity index (χ0n) is 36.2. The van der Waals surface area contributed by atoms with Crippen molar-refractivity contribution in [3.8, 4) is 34.0 Å². The van der Waals surface area contributed by atoms with Crippen molar-refractivity contribution in [1.82, 2.24) is 9.97 Å². The van der Waals surface area contributed by atoms with Crippen LogP contribution in [-0.2, 0) is 0 Å². The van der Waals surface area contributed by atoms with Crippen LogP contribution < -0.4 is 15.6 Å². The normalized spacial score (nSPS) is 17.0. The molecule has 0 saturated carbocycles. The van der Waals surface area contributed by atoms with Crippen LogP contribution in [0.15, 0.2) is 178 Å². The van der Waals surface area contributed by atoms with Crippen molar-refractivity contribution in [1.29, 1.82) is 10.8 Å². The highest BCUT2D eigenvalue weighted by Crippen LogP contribution is 2.34. The highest BCUT2D eigenvalue weighted by Gasteiger charge is 2.34. The van der Waals surface area contributed by atoms with E-state index in [4.69, 9.17) is 32.5 Å². The average Bonchev–Trinajstić information content (AvgIpc) is 4.01. The molecular formula is C50H43N9O2Si3. The highest BCUT2D eigenvalue weighted by molar-refractivity contribution is 6.74. The zero-order valence-corrected chi connectivity index (χ0v) is 39.2. The van der Waals surface area contributed by atoms with Gasteiger partial charge in [-0.25, -0.2) is 9.97 Å². The molecule has 0 saturated heterocycles. The summed E-state index contributed by atoms with van der Waals surface area (Å²) in [6.45, 7) is 12.7. The molecular weight excluding hydrogens is 843 g/mol. The largest absolute Gasteiger partial charge is 0.436 e. The summed E-state index contributed by atoms with van der Waals surface area (Å²) in [5.41, 5.74) is 12.2. The number of nitrogens with zero attached hydrogens (tertiary/aromatic N) is 7. The third kappa shape index (κ3) is 7.54. The maximum atomic E-state index is 9.85. The topological polar surface area (TPSA) is 152 Å². The van der Waals surface area contributed by atoms with E-state index in [0.717, 1.165) is 72.0 Å². The van der Waals surface area contributed by atoms with Gasteiger partial charge in [-0.1, -0.05) is 86.9 Å². The van der Waals surface area contributed by atoms with Gasteiger partial charge in [0.25, 0.3) is 8.40 Å². The van der Waals surface area contributed by atoms with Gasteiger partial charge in [-0.3, -0.25) is 20.1 Å². The third-order valence-corrected chi connectivity index (χ3v) is 13.9. The van der Waals surface area contributed by atoms with Gasteiger partial charge < -0.3 is 23.1 Å². The second-order valence-corrected chi connectivity index (χ2v) is 24.3. The summed E-state index contributed by atoms with van der Waals surface area (Å²) in [6.07, 6.45) is 9.83. The molecule has 2 aliphatic carbocycles. The number of hydrogen-bond donors (Lipinski definition) is 2. The van der Waals surface area contributed by atoms with Crippen LogP contribution in [0, 0.1) is 10.8 Å². The Bertz CT molecular complexity index is 3340. The van der Waals surface area contributed by atoms with Gasteiger partial charge in [0, 0.05) is 22.3 Å². The maximum Gasteiger partial charge on any atom is 0.298 e. The van der Waals surface area contributed by atoms with E-state index in [9.17, 15) is 10.8 Å². The molecule has 11 nitrogen and oxygen atoms in total. The van der Waals surface area contributed by atoms with E-state index in [1.54, 1.807) is 0 Å². The lowest BCUT2D eigenvalue weighted by molar-refractivity contribution is 0.619. The number of allylic oxidation sites excluding steroid dienone is 8. The van der Waals surface area contributed by atoms with Gasteiger partial charge in [-0.2, -0.15) is 0 Å². The van der Waals surface area contributed by atoms with E-state index in [0.29, 0.717) is 46.0 Å². The number of aromatic nitrogens is 2. The standard InChI is InChI=1S/C50H43N9O2Si3/c1-62(2)55-38-14-11-15-39(45(38)52)59(40-28-26-34(44(51)47(40)56-63(3)4)30-18-22-32(23-19-30)49-53-36-12-7-9-16-42(36)60-49)41-29-27-35(46-48(41)58-64(5,6)57-46)31-20-24-33(25-21-31)50-54-37-13-8-10-17-43(37)61-50/h7-29,51-52H,1-6H3/b51-44?,52-45?,55-38-,56-47-. The minimum absolute atomic E-state index is 0.294. The first-order valence-electron chi connectivity index (χ1n) is 21.0. The molecule has 14 heteroatoms. The van der Waals surface area contributed by atoms with E-state index >= 15 is 0 Å². The molecule has 1 aliphatic heterocycles. The first-order valence-corrected chi connectivity index (χ1v) is 28.8. The fourth-order valence-corrected chi connectivity index (χ4v) is 11.1. The first kappa shape index (κ1) is 40.8. The summed E-state index contributed by atoms with van der Waals surface area (Å²) in [5, 5.41) is 21.1. The second-order valence-electron chi connectivity index (χ2n) is 16.7. The Morgan fingerprint density at radius 3 is 1.73 bits per heavy atom. The Hall–Kier alpha value is -7.27. The second kappa shape index (κ2) is 16.1. The number of benzene rings is 5. The third-order valence-electron chi connectivity index (χ3n) is 11.0. The van der Waals surface area contributed by atoms with Crippen LogP contribution in [0.2, 0.25) is 39.3 Å². The summed E-state index contributed by atoms with van der Waals surface area (Å²) in [6, 6.07) is 35.9. The molecule has 2 aromatic heterocycles. The molecule has 5 aromatic carbocycles. The van der Waals surface area contributed by atoms with Crippen LogP contribution in [0.5, 0.6) is 0 Å². The summed E-state index contributed by atoms with van der Waals surface area (Å²) in [4.78, 5) is 11.5. The molecule has 64 heavy (non-hydrogen) atoms.